The highest BCUT2D eigenvalue weighted by Gasteiger charge is 2.65. The molecule has 0 radical (unpaired) electrons. The van der Waals surface area contributed by atoms with E-state index in [1.807, 2.05) is 6.92 Å². The first-order chi connectivity index (χ1) is 23.9. The van der Waals surface area contributed by atoms with Gasteiger partial charge in [-0.3, -0.25) is 4.79 Å². The first-order valence-electron chi connectivity index (χ1n) is 20.0. The summed E-state index contributed by atoms with van der Waals surface area (Å²) in [4.78, 5) is 11.8. The third-order valence-corrected chi connectivity index (χ3v) is 14.4. The number of aliphatic hydroxyl groups is 2. The van der Waals surface area contributed by atoms with Crippen LogP contribution >= 0.6 is 0 Å². The van der Waals surface area contributed by atoms with Gasteiger partial charge in [0.05, 0.1) is 72.6 Å². The van der Waals surface area contributed by atoms with Gasteiger partial charge in [0.25, 0.3) is 0 Å². The van der Waals surface area contributed by atoms with Gasteiger partial charge in [-0.2, -0.15) is 0 Å². The van der Waals surface area contributed by atoms with Gasteiger partial charge in [-0.15, -0.1) is 0 Å². The van der Waals surface area contributed by atoms with Gasteiger partial charge in [-0.25, -0.2) is 0 Å². The second-order valence-electron chi connectivity index (χ2n) is 18.4. The predicted octanol–water partition coefficient (Wildman–Crippen LogP) is 5.71. The SMILES string of the molecule is CO[C@@H]1C[C@H](C[C@@H]2CC[C@H](C)[C@H]([C@H](C)C(=O)O)O2)O[C@]2(O[C@](C)([C@@H]3CC[C@](C)([C@@H]4O[C@H]([C@@H]5O[C@](O)(CO)[C@H](C)C[C@@H]5C)C[C@@H]4C)O3)C[C@H]2C)[C@@H]1C. The summed E-state index contributed by atoms with van der Waals surface area (Å²) in [6.07, 6.45) is 5.85. The highest BCUT2D eigenvalue weighted by molar-refractivity contribution is 5.70. The van der Waals surface area contributed by atoms with Gasteiger partial charge < -0.3 is 48.5 Å². The number of ether oxygens (including phenoxy) is 7. The summed E-state index contributed by atoms with van der Waals surface area (Å²) < 4.78 is 47.0. The van der Waals surface area contributed by atoms with E-state index in [2.05, 4.69) is 48.5 Å². The van der Waals surface area contributed by atoms with E-state index in [0.29, 0.717) is 6.42 Å². The second kappa shape index (κ2) is 14.6. The lowest BCUT2D eigenvalue weighted by Gasteiger charge is -2.50. The first kappa shape index (κ1) is 39.8. The molecule has 0 aromatic carbocycles. The van der Waals surface area contributed by atoms with Gasteiger partial charge in [0.1, 0.15) is 0 Å². The van der Waals surface area contributed by atoms with E-state index in [9.17, 15) is 20.1 Å². The maximum atomic E-state index is 11.8. The number of carboxylic acids is 1. The highest BCUT2D eigenvalue weighted by Crippen LogP contribution is 2.57. The zero-order chi connectivity index (χ0) is 37.3. The van der Waals surface area contributed by atoms with Crippen molar-refractivity contribution in [2.45, 2.75) is 192 Å². The maximum absolute atomic E-state index is 11.8. The summed E-state index contributed by atoms with van der Waals surface area (Å²) in [5.41, 5.74) is -1.10. The molecule has 0 amide bonds. The molecular formula is C40H68O11. The first-order valence-corrected chi connectivity index (χ1v) is 20.0. The van der Waals surface area contributed by atoms with Crippen molar-refractivity contribution in [3.05, 3.63) is 0 Å². The molecule has 0 bridgehead atoms. The largest absolute Gasteiger partial charge is 0.481 e. The van der Waals surface area contributed by atoms with Gasteiger partial charge in [0.2, 0.25) is 0 Å². The Kier molecular flexibility index (Phi) is 11.4. The van der Waals surface area contributed by atoms with Gasteiger partial charge in [0, 0.05) is 37.7 Å². The van der Waals surface area contributed by atoms with Crippen LogP contribution in [0.3, 0.4) is 0 Å². The fourth-order valence-electron chi connectivity index (χ4n) is 11.3. The molecule has 51 heavy (non-hydrogen) atoms. The smallest absolute Gasteiger partial charge is 0.308 e. The molecule has 3 N–H and O–H groups in total. The third-order valence-electron chi connectivity index (χ3n) is 14.4. The molecule has 0 aliphatic carbocycles. The molecular weight excluding hydrogens is 656 g/mol. The molecule has 6 saturated heterocycles. The Labute approximate surface area is 305 Å². The fourth-order valence-corrected chi connectivity index (χ4v) is 11.3. The monoisotopic (exact) mass is 724 g/mol. The van der Waals surface area contributed by atoms with Crippen molar-refractivity contribution in [1.82, 2.24) is 0 Å². The van der Waals surface area contributed by atoms with Gasteiger partial charge >= 0.3 is 5.97 Å². The highest BCUT2D eigenvalue weighted by atomic mass is 16.7. The van der Waals surface area contributed by atoms with Crippen molar-refractivity contribution in [2.75, 3.05) is 13.7 Å². The van der Waals surface area contributed by atoms with E-state index in [1.54, 1.807) is 14.0 Å². The Morgan fingerprint density at radius 2 is 1.59 bits per heavy atom. The summed E-state index contributed by atoms with van der Waals surface area (Å²) >= 11 is 0. The van der Waals surface area contributed by atoms with Crippen molar-refractivity contribution in [3.8, 4) is 0 Å². The lowest BCUT2D eigenvalue weighted by molar-refractivity contribution is -0.353. The normalized spacial score (nSPS) is 54.2. The molecule has 6 aliphatic heterocycles. The van der Waals surface area contributed by atoms with E-state index in [-0.39, 0.29) is 84.3 Å². The Balaban J connectivity index is 1.13. The minimum Gasteiger partial charge on any atom is -0.481 e. The van der Waals surface area contributed by atoms with Crippen molar-refractivity contribution >= 4 is 5.97 Å². The number of methoxy groups -OCH3 is 1. The zero-order valence-electron chi connectivity index (χ0n) is 32.8. The molecule has 294 valence electrons. The van der Waals surface area contributed by atoms with Crippen molar-refractivity contribution in [2.24, 2.45) is 41.4 Å². The quantitative estimate of drug-likeness (QED) is 0.269. The van der Waals surface area contributed by atoms with Crippen LogP contribution in [0.25, 0.3) is 0 Å². The summed E-state index contributed by atoms with van der Waals surface area (Å²) in [6, 6.07) is 0. The molecule has 6 heterocycles. The maximum Gasteiger partial charge on any atom is 0.308 e. The molecule has 0 unspecified atom stereocenters. The number of rotatable bonds is 9. The summed E-state index contributed by atoms with van der Waals surface area (Å²) in [7, 11) is 1.77. The Morgan fingerprint density at radius 1 is 0.863 bits per heavy atom. The van der Waals surface area contributed by atoms with Crippen LogP contribution in [-0.2, 0) is 38.0 Å². The second-order valence-corrected chi connectivity index (χ2v) is 18.4. The van der Waals surface area contributed by atoms with E-state index in [1.165, 1.54) is 0 Å². The predicted molar refractivity (Wildman–Crippen MR) is 189 cm³/mol. The third kappa shape index (κ3) is 7.19. The standard InChI is InChI=1S/C40H68O11/c1-21-11-12-28(46-33(21)26(6)36(42)43)17-29-18-30(45-10)27(7)40(48-29)25(5)19-38(9,51-40)32-13-14-37(8,49-32)35-23(3)16-31(47-35)34-22(2)15-24(4)39(44,20-41)50-34/h21-35,41,44H,11-20H2,1-10H3,(H,42,43)/t21-,22-,23-,24+,25+,26-,27+,28-,29-,30+,31-,32-,33+,34+,35+,37+,38-,39+,40+/m0/s1. The van der Waals surface area contributed by atoms with E-state index in [4.69, 9.17) is 33.2 Å². The summed E-state index contributed by atoms with van der Waals surface area (Å²) in [5, 5.41) is 30.7. The number of hydrogen-bond acceptors (Lipinski definition) is 10. The molecule has 11 heteroatoms. The molecule has 6 aliphatic rings. The van der Waals surface area contributed by atoms with E-state index in [0.717, 1.165) is 51.4 Å². The van der Waals surface area contributed by atoms with Crippen molar-refractivity contribution in [3.63, 3.8) is 0 Å². The Bertz CT molecular complexity index is 1230. The molecule has 19 atom stereocenters. The van der Waals surface area contributed by atoms with Crippen LogP contribution in [-0.4, -0.2) is 107 Å². The summed E-state index contributed by atoms with van der Waals surface area (Å²) in [6.45, 7) is 18.4. The fraction of sp³-hybridized carbons (Fsp3) is 0.975. The number of carboxylic acid groups (broad SMARTS) is 1. The van der Waals surface area contributed by atoms with Crippen LogP contribution in [0.5, 0.6) is 0 Å². The van der Waals surface area contributed by atoms with Crippen LogP contribution in [0.15, 0.2) is 0 Å². The average molecular weight is 725 g/mol. The van der Waals surface area contributed by atoms with Crippen LogP contribution in [0.4, 0.5) is 0 Å². The van der Waals surface area contributed by atoms with Gasteiger partial charge in [-0.1, -0.05) is 41.5 Å². The number of aliphatic hydroxyl groups excluding tert-OH is 1. The zero-order valence-corrected chi connectivity index (χ0v) is 32.8. The Morgan fingerprint density at radius 3 is 2.25 bits per heavy atom. The molecule has 0 saturated carbocycles. The van der Waals surface area contributed by atoms with E-state index < -0.39 is 41.3 Å². The molecule has 6 rings (SSSR count). The number of hydrogen-bond donors (Lipinski definition) is 3. The Hall–Kier alpha value is -0.890. The van der Waals surface area contributed by atoms with Crippen LogP contribution in [0.2, 0.25) is 0 Å². The molecule has 0 aromatic heterocycles. The molecule has 1 spiro atoms. The minimum atomic E-state index is -1.55. The molecule has 11 nitrogen and oxygen atoms in total. The number of aliphatic carboxylic acids is 1. The average Bonchev–Trinajstić information content (AvgIpc) is 3.75. The lowest BCUT2D eigenvalue weighted by atomic mass is 9.78. The topological polar surface area (TPSA) is 142 Å². The van der Waals surface area contributed by atoms with Gasteiger partial charge in [-0.05, 0) is 83.5 Å². The lowest BCUT2D eigenvalue weighted by Crippen LogP contribution is -2.58. The number of carbonyl (C=O) groups is 1. The van der Waals surface area contributed by atoms with Crippen LogP contribution in [0.1, 0.15) is 120 Å². The molecule has 0 aromatic rings. The van der Waals surface area contributed by atoms with Crippen molar-refractivity contribution in [1.29, 1.82) is 0 Å². The minimum absolute atomic E-state index is 0.00727. The van der Waals surface area contributed by atoms with Crippen LogP contribution < -0.4 is 0 Å². The van der Waals surface area contributed by atoms with Gasteiger partial charge in [0.15, 0.2) is 11.6 Å². The van der Waals surface area contributed by atoms with E-state index >= 15 is 0 Å². The van der Waals surface area contributed by atoms with Crippen LogP contribution in [0, 0.1) is 41.4 Å². The molecule has 6 fully saturated rings. The van der Waals surface area contributed by atoms with Crippen molar-refractivity contribution < 1.29 is 53.3 Å². The summed E-state index contributed by atoms with van der Waals surface area (Å²) in [5.74, 6) is -3.26.